The molecule has 0 bridgehead atoms. The van der Waals surface area contributed by atoms with Crippen LogP contribution < -0.4 is 5.73 Å². The summed E-state index contributed by atoms with van der Waals surface area (Å²) in [5, 5.41) is 0. The molecule has 98 valence electrons. The number of hydrogen-bond donors (Lipinski definition) is 1. The summed E-state index contributed by atoms with van der Waals surface area (Å²) in [7, 11) is 0. The van der Waals surface area contributed by atoms with Gasteiger partial charge in [-0.3, -0.25) is 9.78 Å². The monoisotopic (exact) mass is 273 g/mol. The average molecular weight is 273 g/mol. The van der Waals surface area contributed by atoms with Crippen molar-refractivity contribution in [2.45, 2.75) is 18.9 Å². The van der Waals surface area contributed by atoms with Crippen molar-refractivity contribution in [1.29, 1.82) is 0 Å². The number of anilines is 1. The molecular weight excluding hydrogens is 258 g/mol. The molecule has 1 aliphatic rings. The van der Waals surface area contributed by atoms with E-state index in [4.69, 9.17) is 5.73 Å². The van der Waals surface area contributed by atoms with Gasteiger partial charge in [0, 0.05) is 18.8 Å². The zero-order valence-corrected chi connectivity index (χ0v) is 11.3. The average Bonchev–Trinajstić information content (AvgIpc) is 3.21. The lowest BCUT2D eigenvalue weighted by atomic mass is 10.3. The molecule has 0 unspecified atom stereocenters. The first kappa shape index (κ1) is 12.2. The summed E-state index contributed by atoms with van der Waals surface area (Å²) in [5.41, 5.74) is 7.30. The van der Waals surface area contributed by atoms with Gasteiger partial charge in [0.25, 0.3) is 5.91 Å². The molecule has 0 saturated heterocycles. The van der Waals surface area contributed by atoms with Gasteiger partial charge in [0.2, 0.25) is 0 Å². The van der Waals surface area contributed by atoms with Crippen LogP contribution in [0.3, 0.4) is 0 Å². The van der Waals surface area contributed by atoms with Crippen LogP contribution in [-0.4, -0.2) is 28.4 Å². The highest BCUT2D eigenvalue weighted by Gasteiger charge is 2.34. The molecule has 0 aliphatic heterocycles. The van der Waals surface area contributed by atoms with Crippen molar-refractivity contribution in [2.75, 3.05) is 12.3 Å². The number of amides is 1. The Hall–Kier alpha value is -1.88. The second kappa shape index (κ2) is 4.66. The van der Waals surface area contributed by atoms with Gasteiger partial charge in [0.15, 0.2) is 0 Å². The minimum Gasteiger partial charge on any atom is -0.396 e. The molecule has 0 atom stereocenters. The van der Waals surface area contributed by atoms with Crippen molar-refractivity contribution >= 4 is 33.1 Å². The molecule has 3 rings (SSSR count). The van der Waals surface area contributed by atoms with Crippen LogP contribution in [0, 0.1) is 0 Å². The zero-order chi connectivity index (χ0) is 13.4. The summed E-state index contributed by atoms with van der Waals surface area (Å²) in [6, 6.07) is 4.15. The van der Waals surface area contributed by atoms with E-state index in [0.717, 1.165) is 23.1 Å². The van der Waals surface area contributed by atoms with Gasteiger partial charge in [-0.2, -0.15) is 0 Å². The van der Waals surface area contributed by atoms with Gasteiger partial charge >= 0.3 is 0 Å². The number of rotatable bonds is 4. The normalized spacial score (nSPS) is 14.5. The maximum atomic E-state index is 12.6. The van der Waals surface area contributed by atoms with Crippen LogP contribution in [0.5, 0.6) is 0 Å². The van der Waals surface area contributed by atoms with Crippen molar-refractivity contribution in [3.8, 4) is 0 Å². The molecule has 2 aromatic heterocycles. The van der Waals surface area contributed by atoms with Gasteiger partial charge in [0.05, 0.1) is 10.4 Å². The summed E-state index contributed by atoms with van der Waals surface area (Å²) in [6.07, 6.45) is 5.60. The third-order valence-electron chi connectivity index (χ3n) is 3.25. The molecule has 0 aromatic carbocycles. The lowest BCUT2D eigenvalue weighted by Crippen LogP contribution is -2.33. The molecule has 2 N–H and O–H groups in total. The van der Waals surface area contributed by atoms with Gasteiger partial charge in [-0.05, 0) is 25.0 Å². The maximum Gasteiger partial charge on any atom is 0.266 e. The largest absolute Gasteiger partial charge is 0.396 e. The van der Waals surface area contributed by atoms with Crippen LogP contribution in [0.4, 0.5) is 5.69 Å². The smallest absolute Gasteiger partial charge is 0.266 e. The van der Waals surface area contributed by atoms with E-state index in [2.05, 4.69) is 11.6 Å². The summed E-state index contributed by atoms with van der Waals surface area (Å²) in [4.78, 5) is 19.3. The fourth-order valence-electron chi connectivity index (χ4n) is 2.16. The van der Waals surface area contributed by atoms with Gasteiger partial charge in [-0.1, -0.05) is 6.08 Å². The Kier molecular flexibility index (Phi) is 2.98. The summed E-state index contributed by atoms with van der Waals surface area (Å²) < 4.78 is 0.956. The zero-order valence-electron chi connectivity index (χ0n) is 10.5. The van der Waals surface area contributed by atoms with Crippen LogP contribution in [0.2, 0.25) is 0 Å². The number of pyridine rings is 1. The summed E-state index contributed by atoms with van der Waals surface area (Å²) in [5.74, 6) is 0.00269. The molecule has 0 spiro atoms. The predicted molar refractivity (Wildman–Crippen MR) is 78.3 cm³/mol. The minimum absolute atomic E-state index is 0.00269. The Balaban J connectivity index is 2.00. The number of aromatic nitrogens is 1. The van der Waals surface area contributed by atoms with E-state index >= 15 is 0 Å². The Morgan fingerprint density at radius 1 is 1.63 bits per heavy atom. The van der Waals surface area contributed by atoms with Gasteiger partial charge in [-0.15, -0.1) is 17.9 Å². The van der Waals surface area contributed by atoms with Gasteiger partial charge in [-0.25, -0.2) is 0 Å². The molecule has 0 radical (unpaired) electrons. The first-order chi connectivity index (χ1) is 9.22. The number of fused-ring (bicyclic) bond motifs is 1. The van der Waals surface area contributed by atoms with Crippen molar-refractivity contribution in [1.82, 2.24) is 9.88 Å². The van der Waals surface area contributed by atoms with Gasteiger partial charge in [0.1, 0.15) is 10.4 Å². The molecule has 5 heteroatoms. The lowest BCUT2D eigenvalue weighted by Gasteiger charge is -2.19. The third-order valence-corrected chi connectivity index (χ3v) is 4.40. The van der Waals surface area contributed by atoms with Gasteiger partial charge < -0.3 is 10.6 Å². The van der Waals surface area contributed by atoms with Crippen LogP contribution in [-0.2, 0) is 0 Å². The van der Waals surface area contributed by atoms with Crippen molar-refractivity contribution in [3.05, 3.63) is 35.9 Å². The predicted octanol–water partition coefficient (Wildman–Crippen LogP) is 2.67. The second-order valence-electron chi connectivity index (χ2n) is 4.67. The number of hydrogen-bond acceptors (Lipinski definition) is 4. The van der Waals surface area contributed by atoms with E-state index in [-0.39, 0.29) is 5.91 Å². The number of carbonyl (C=O) groups excluding carboxylic acids is 1. The Morgan fingerprint density at radius 3 is 3.05 bits per heavy atom. The highest BCUT2D eigenvalue weighted by molar-refractivity contribution is 7.21. The van der Waals surface area contributed by atoms with E-state index in [1.165, 1.54) is 11.3 Å². The molecule has 2 heterocycles. The first-order valence-corrected chi connectivity index (χ1v) is 7.09. The maximum absolute atomic E-state index is 12.6. The van der Waals surface area contributed by atoms with Crippen molar-refractivity contribution in [3.63, 3.8) is 0 Å². The second-order valence-corrected chi connectivity index (χ2v) is 5.72. The van der Waals surface area contributed by atoms with Crippen molar-refractivity contribution < 1.29 is 4.79 Å². The fraction of sp³-hybridized carbons (Fsp3) is 0.286. The Bertz CT molecular complexity index is 645. The topological polar surface area (TPSA) is 59.2 Å². The number of nitrogens with zero attached hydrogens (tertiary/aromatic N) is 2. The fourth-order valence-corrected chi connectivity index (χ4v) is 3.20. The number of nitrogen functional groups attached to an aromatic ring is 1. The molecule has 1 amide bonds. The summed E-state index contributed by atoms with van der Waals surface area (Å²) >= 11 is 1.42. The molecule has 1 saturated carbocycles. The lowest BCUT2D eigenvalue weighted by molar-refractivity contribution is 0.0768. The van der Waals surface area contributed by atoms with E-state index in [1.54, 1.807) is 12.3 Å². The first-order valence-electron chi connectivity index (χ1n) is 6.27. The highest BCUT2D eigenvalue weighted by atomic mass is 32.1. The third kappa shape index (κ3) is 2.10. The number of nitrogens with two attached hydrogens (primary N) is 1. The van der Waals surface area contributed by atoms with E-state index in [1.807, 2.05) is 17.0 Å². The molecular formula is C14H15N3OS. The molecule has 1 fully saturated rings. The number of carbonyl (C=O) groups is 1. The van der Waals surface area contributed by atoms with E-state index in [0.29, 0.717) is 23.2 Å². The van der Waals surface area contributed by atoms with E-state index in [9.17, 15) is 4.79 Å². The SMILES string of the molecule is C=CCN(C(=O)c1sc2cccnc2c1N)C1CC1. The van der Waals surface area contributed by atoms with Crippen LogP contribution in [0.25, 0.3) is 10.2 Å². The van der Waals surface area contributed by atoms with E-state index < -0.39 is 0 Å². The molecule has 4 nitrogen and oxygen atoms in total. The van der Waals surface area contributed by atoms with Crippen LogP contribution in [0.15, 0.2) is 31.0 Å². The highest BCUT2D eigenvalue weighted by Crippen LogP contribution is 2.35. The quantitative estimate of drug-likeness (QED) is 0.871. The minimum atomic E-state index is 0.00269. The standard InChI is InChI=1S/C14H15N3OS/c1-2-8-17(9-5-6-9)14(18)13-11(15)12-10(19-13)4-3-7-16-12/h2-4,7,9H,1,5-6,8,15H2. The Labute approximate surface area is 115 Å². The Morgan fingerprint density at radius 2 is 2.42 bits per heavy atom. The van der Waals surface area contributed by atoms with Crippen molar-refractivity contribution in [2.24, 2.45) is 0 Å². The van der Waals surface area contributed by atoms with Crippen LogP contribution in [0.1, 0.15) is 22.5 Å². The summed E-state index contributed by atoms with van der Waals surface area (Å²) in [6.45, 7) is 4.29. The number of thiophene rings is 1. The molecule has 1 aliphatic carbocycles. The van der Waals surface area contributed by atoms with Crippen LogP contribution >= 0.6 is 11.3 Å². The molecule has 19 heavy (non-hydrogen) atoms. The molecule has 2 aromatic rings.